The number of nitrogens with one attached hydrogen (secondary N) is 1. The lowest BCUT2D eigenvalue weighted by Gasteiger charge is -2.05. The van der Waals surface area contributed by atoms with E-state index >= 15 is 0 Å². The molecule has 0 spiro atoms. The van der Waals surface area contributed by atoms with E-state index in [2.05, 4.69) is 12.4 Å². The lowest BCUT2D eigenvalue weighted by atomic mass is 10.1. The van der Waals surface area contributed by atoms with Crippen LogP contribution in [-0.4, -0.2) is 11.9 Å². The van der Waals surface area contributed by atoms with Gasteiger partial charge in [0, 0.05) is 6.42 Å². The molecule has 22 heavy (non-hydrogen) atoms. The van der Waals surface area contributed by atoms with Crippen molar-refractivity contribution in [3.8, 4) is 0 Å². The highest BCUT2D eigenvalue weighted by molar-refractivity contribution is 5.90. The summed E-state index contributed by atoms with van der Waals surface area (Å²) in [5, 5.41) is 0. The maximum absolute atomic E-state index is 11.6. The second-order valence-corrected chi connectivity index (χ2v) is 5.51. The van der Waals surface area contributed by atoms with Crippen molar-refractivity contribution in [3.63, 3.8) is 0 Å². The second-order valence-electron chi connectivity index (χ2n) is 5.51. The number of amides is 1. The Bertz CT molecular complexity index is 431. The molecule has 0 aliphatic rings. The molecule has 0 atom stereocenters. The predicted octanol–water partition coefficient (Wildman–Crippen LogP) is 4.41. The molecule has 122 valence electrons. The fourth-order valence-electron chi connectivity index (χ4n) is 2.21. The van der Waals surface area contributed by atoms with Gasteiger partial charge < -0.3 is 4.84 Å². The fourth-order valence-corrected chi connectivity index (χ4v) is 2.21. The lowest BCUT2D eigenvalue weighted by Crippen LogP contribution is -2.26. The Morgan fingerprint density at radius 1 is 0.909 bits per heavy atom. The molecule has 0 saturated carbocycles. The molecule has 0 aliphatic carbocycles. The van der Waals surface area contributed by atoms with Crippen molar-refractivity contribution in [2.45, 2.75) is 64.7 Å². The van der Waals surface area contributed by atoms with Crippen molar-refractivity contribution in [1.82, 2.24) is 5.48 Å². The largest absolute Gasteiger partial charge is 0.362 e. The molecule has 0 aromatic heterocycles. The Balaban J connectivity index is 2.01. The Hall–Kier alpha value is -1.84. The molecule has 4 nitrogen and oxygen atoms in total. The molecule has 4 heteroatoms. The number of unbranched alkanes of at least 4 members (excludes halogenated alkanes) is 7. The highest BCUT2D eigenvalue weighted by atomic mass is 16.7. The van der Waals surface area contributed by atoms with Crippen molar-refractivity contribution in [2.24, 2.45) is 0 Å². The molecule has 0 radical (unpaired) electrons. The van der Waals surface area contributed by atoms with Gasteiger partial charge in [0.1, 0.15) is 0 Å². The van der Waals surface area contributed by atoms with Crippen molar-refractivity contribution in [1.29, 1.82) is 0 Å². The van der Waals surface area contributed by atoms with Crippen molar-refractivity contribution in [3.05, 3.63) is 35.9 Å². The van der Waals surface area contributed by atoms with Crippen molar-refractivity contribution in [2.75, 3.05) is 0 Å². The van der Waals surface area contributed by atoms with Crippen LogP contribution in [0.15, 0.2) is 30.3 Å². The van der Waals surface area contributed by atoms with Gasteiger partial charge in [-0.15, -0.1) is 0 Å². The van der Waals surface area contributed by atoms with E-state index in [9.17, 15) is 9.59 Å². The molecule has 1 aromatic carbocycles. The Kier molecular flexibility index (Phi) is 9.75. The third-order valence-electron chi connectivity index (χ3n) is 3.52. The van der Waals surface area contributed by atoms with Gasteiger partial charge in [0.05, 0.1) is 5.56 Å². The zero-order valence-electron chi connectivity index (χ0n) is 13.5. The number of carbonyl (C=O) groups is 2. The molecule has 1 N–H and O–H groups in total. The first-order valence-electron chi connectivity index (χ1n) is 8.29. The molecule has 0 saturated heterocycles. The van der Waals surface area contributed by atoms with E-state index in [1.807, 2.05) is 6.07 Å². The third kappa shape index (κ3) is 8.45. The Labute approximate surface area is 133 Å². The standard InChI is InChI=1S/C18H27NO3/c1-2-3-4-5-6-7-8-12-15-17(20)19-22-18(21)16-13-10-9-11-14-16/h9-11,13-14H,2-8,12,15H2,1H3,(H,19,20). The molecule has 0 heterocycles. The molecule has 0 bridgehead atoms. The summed E-state index contributed by atoms with van der Waals surface area (Å²) >= 11 is 0. The van der Waals surface area contributed by atoms with Crippen LogP contribution in [0.4, 0.5) is 0 Å². The fraction of sp³-hybridized carbons (Fsp3) is 0.556. The van der Waals surface area contributed by atoms with E-state index in [0.717, 1.165) is 12.8 Å². The zero-order valence-corrected chi connectivity index (χ0v) is 13.5. The second kappa shape index (κ2) is 11.8. The first-order chi connectivity index (χ1) is 10.7. The monoisotopic (exact) mass is 305 g/mol. The van der Waals surface area contributed by atoms with Crippen LogP contribution in [0.2, 0.25) is 0 Å². The average Bonchev–Trinajstić information content (AvgIpc) is 2.56. The van der Waals surface area contributed by atoms with Gasteiger partial charge >= 0.3 is 5.97 Å². The molecule has 1 aromatic rings. The molecule has 1 rings (SSSR count). The number of carbonyl (C=O) groups excluding carboxylic acids is 2. The molecule has 1 amide bonds. The first kappa shape index (κ1) is 18.2. The molecule has 0 fully saturated rings. The van der Waals surface area contributed by atoms with Gasteiger partial charge in [0.25, 0.3) is 5.91 Å². The minimum Gasteiger partial charge on any atom is -0.335 e. The zero-order chi connectivity index (χ0) is 16.0. The summed E-state index contributed by atoms with van der Waals surface area (Å²) in [5.41, 5.74) is 2.64. The predicted molar refractivity (Wildman–Crippen MR) is 87.2 cm³/mol. The normalized spacial score (nSPS) is 10.2. The SMILES string of the molecule is CCCCCCCCCCC(=O)NOC(=O)c1ccccc1. The van der Waals surface area contributed by atoms with Gasteiger partial charge in [-0.3, -0.25) is 4.79 Å². The molecular weight excluding hydrogens is 278 g/mol. The summed E-state index contributed by atoms with van der Waals surface area (Å²) < 4.78 is 0. The number of hydrogen-bond acceptors (Lipinski definition) is 3. The van der Waals surface area contributed by atoms with Crippen LogP contribution in [0.3, 0.4) is 0 Å². The van der Waals surface area contributed by atoms with E-state index in [1.54, 1.807) is 24.3 Å². The van der Waals surface area contributed by atoms with Crippen LogP contribution in [0.25, 0.3) is 0 Å². The summed E-state index contributed by atoms with van der Waals surface area (Å²) in [4.78, 5) is 28.0. The number of hydrogen-bond donors (Lipinski definition) is 1. The highest BCUT2D eigenvalue weighted by Gasteiger charge is 2.08. The minimum absolute atomic E-state index is 0.240. The molecule has 0 aliphatic heterocycles. The van der Waals surface area contributed by atoms with Crippen LogP contribution >= 0.6 is 0 Å². The molecular formula is C18H27NO3. The Morgan fingerprint density at radius 2 is 1.50 bits per heavy atom. The van der Waals surface area contributed by atoms with E-state index in [1.165, 1.54) is 38.5 Å². The van der Waals surface area contributed by atoms with Gasteiger partial charge in [-0.05, 0) is 18.6 Å². The van der Waals surface area contributed by atoms with Crippen molar-refractivity contribution < 1.29 is 14.4 Å². The third-order valence-corrected chi connectivity index (χ3v) is 3.52. The van der Waals surface area contributed by atoms with E-state index in [0.29, 0.717) is 12.0 Å². The van der Waals surface area contributed by atoms with Crippen LogP contribution in [-0.2, 0) is 9.63 Å². The summed E-state index contributed by atoms with van der Waals surface area (Å²) in [7, 11) is 0. The number of hydroxylamine groups is 1. The highest BCUT2D eigenvalue weighted by Crippen LogP contribution is 2.09. The maximum Gasteiger partial charge on any atom is 0.362 e. The van der Waals surface area contributed by atoms with Gasteiger partial charge in [0.15, 0.2) is 0 Å². The van der Waals surface area contributed by atoms with Gasteiger partial charge in [-0.25, -0.2) is 4.79 Å². The summed E-state index contributed by atoms with van der Waals surface area (Å²) in [6.07, 6.45) is 9.87. The Morgan fingerprint density at radius 3 is 2.14 bits per heavy atom. The number of rotatable bonds is 10. The van der Waals surface area contributed by atoms with Crippen LogP contribution in [0.1, 0.15) is 75.1 Å². The minimum atomic E-state index is -0.537. The first-order valence-corrected chi connectivity index (χ1v) is 8.29. The maximum atomic E-state index is 11.6. The average molecular weight is 305 g/mol. The topological polar surface area (TPSA) is 55.4 Å². The van der Waals surface area contributed by atoms with Crippen LogP contribution in [0, 0.1) is 0 Å². The van der Waals surface area contributed by atoms with Crippen molar-refractivity contribution >= 4 is 11.9 Å². The van der Waals surface area contributed by atoms with Crippen LogP contribution in [0.5, 0.6) is 0 Å². The number of benzene rings is 1. The molecule has 0 unspecified atom stereocenters. The van der Waals surface area contributed by atoms with Gasteiger partial charge in [0.2, 0.25) is 0 Å². The van der Waals surface area contributed by atoms with E-state index in [4.69, 9.17) is 4.84 Å². The summed E-state index contributed by atoms with van der Waals surface area (Å²) in [6.45, 7) is 2.21. The quantitative estimate of drug-likeness (QED) is 0.514. The van der Waals surface area contributed by atoms with Gasteiger partial charge in [-0.1, -0.05) is 70.1 Å². The summed E-state index contributed by atoms with van der Waals surface area (Å²) in [5.74, 6) is -0.778. The lowest BCUT2D eigenvalue weighted by molar-refractivity contribution is -0.130. The van der Waals surface area contributed by atoms with E-state index < -0.39 is 5.97 Å². The van der Waals surface area contributed by atoms with E-state index in [-0.39, 0.29) is 5.91 Å². The van der Waals surface area contributed by atoms with Crippen LogP contribution < -0.4 is 5.48 Å². The summed E-state index contributed by atoms with van der Waals surface area (Å²) in [6, 6.07) is 8.61. The van der Waals surface area contributed by atoms with Gasteiger partial charge in [-0.2, -0.15) is 5.48 Å². The smallest absolute Gasteiger partial charge is 0.335 e.